The summed E-state index contributed by atoms with van der Waals surface area (Å²) in [5.41, 5.74) is 3.54. The Morgan fingerprint density at radius 1 is 1.21 bits per heavy atom. The van der Waals surface area contributed by atoms with E-state index in [1.54, 1.807) is 25.5 Å². The van der Waals surface area contributed by atoms with Gasteiger partial charge in [-0.2, -0.15) is 0 Å². The van der Waals surface area contributed by atoms with Gasteiger partial charge < -0.3 is 15.4 Å². The maximum atomic E-state index is 5.37. The third-order valence-corrected chi connectivity index (χ3v) is 4.56. The van der Waals surface area contributed by atoms with Crippen LogP contribution in [0.4, 0.5) is 0 Å². The van der Waals surface area contributed by atoms with Crippen LogP contribution in [0.1, 0.15) is 21.8 Å². The molecule has 0 radical (unpaired) electrons. The van der Waals surface area contributed by atoms with E-state index in [9.17, 15) is 0 Å². The van der Waals surface area contributed by atoms with Crippen LogP contribution in [0.3, 0.4) is 0 Å². The first-order chi connectivity index (χ1) is 11.6. The Morgan fingerprint density at radius 2 is 1.96 bits per heavy atom. The SMILES string of the molecule is CN=C(NCCc1ccc(C)c(OC)c1)NCCc1csc(C)n1. The monoisotopic (exact) mass is 346 g/mol. The molecule has 0 aliphatic rings. The third kappa shape index (κ3) is 5.53. The van der Waals surface area contributed by atoms with Crippen molar-refractivity contribution in [1.29, 1.82) is 0 Å². The fraction of sp³-hybridized carbons (Fsp3) is 0.444. The fourth-order valence-corrected chi connectivity index (χ4v) is 3.04. The molecule has 24 heavy (non-hydrogen) atoms. The molecule has 1 aromatic heterocycles. The number of thiazole rings is 1. The lowest BCUT2D eigenvalue weighted by Gasteiger charge is -2.12. The molecule has 0 amide bonds. The van der Waals surface area contributed by atoms with Crippen molar-refractivity contribution in [1.82, 2.24) is 15.6 Å². The van der Waals surface area contributed by atoms with Crippen LogP contribution >= 0.6 is 11.3 Å². The molecular weight excluding hydrogens is 320 g/mol. The number of nitrogens with one attached hydrogen (secondary N) is 2. The van der Waals surface area contributed by atoms with E-state index in [1.807, 2.05) is 6.92 Å². The van der Waals surface area contributed by atoms with Crippen molar-refractivity contribution in [2.45, 2.75) is 26.7 Å². The van der Waals surface area contributed by atoms with Gasteiger partial charge in [0.1, 0.15) is 5.75 Å². The summed E-state index contributed by atoms with van der Waals surface area (Å²) in [7, 11) is 3.50. The van der Waals surface area contributed by atoms with E-state index >= 15 is 0 Å². The van der Waals surface area contributed by atoms with Gasteiger partial charge in [-0.05, 0) is 37.5 Å². The highest BCUT2D eigenvalue weighted by Gasteiger charge is 2.03. The van der Waals surface area contributed by atoms with Crippen LogP contribution in [0.25, 0.3) is 0 Å². The Morgan fingerprint density at radius 3 is 2.58 bits per heavy atom. The lowest BCUT2D eigenvalue weighted by Crippen LogP contribution is -2.39. The molecule has 2 aromatic rings. The summed E-state index contributed by atoms with van der Waals surface area (Å²) in [5.74, 6) is 1.76. The number of nitrogens with zero attached hydrogens (tertiary/aromatic N) is 2. The maximum Gasteiger partial charge on any atom is 0.190 e. The molecule has 0 spiro atoms. The molecule has 0 aliphatic heterocycles. The third-order valence-electron chi connectivity index (χ3n) is 3.74. The van der Waals surface area contributed by atoms with Crippen LogP contribution < -0.4 is 15.4 Å². The minimum absolute atomic E-state index is 0.820. The quantitative estimate of drug-likeness (QED) is 0.598. The molecule has 6 heteroatoms. The number of hydrogen-bond donors (Lipinski definition) is 2. The number of aliphatic imine (C=N–C) groups is 1. The van der Waals surface area contributed by atoms with E-state index < -0.39 is 0 Å². The molecule has 0 bridgehead atoms. The van der Waals surface area contributed by atoms with E-state index in [1.165, 1.54) is 5.56 Å². The highest BCUT2D eigenvalue weighted by molar-refractivity contribution is 7.09. The van der Waals surface area contributed by atoms with Crippen molar-refractivity contribution in [3.63, 3.8) is 0 Å². The minimum Gasteiger partial charge on any atom is -0.496 e. The van der Waals surface area contributed by atoms with Crippen LogP contribution in [-0.2, 0) is 12.8 Å². The number of benzene rings is 1. The Balaban J connectivity index is 1.73. The normalized spacial score (nSPS) is 11.4. The molecule has 0 saturated carbocycles. The zero-order valence-corrected chi connectivity index (χ0v) is 15.7. The summed E-state index contributed by atoms with van der Waals surface area (Å²) in [6.45, 7) is 5.72. The van der Waals surface area contributed by atoms with Crippen LogP contribution in [-0.4, -0.2) is 38.2 Å². The van der Waals surface area contributed by atoms with Gasteiger partial charge in [-0.25, -0.2) is 4.98 Å². The number of ether oxygens (including phenoxy) is 1. The van der Waals surface area contributed by atoms with E-state index in [0.29, 0.717) is 0 Å². The molecule has 0 aliphatic carbocycles. The van der Waals surface area contributed by atoms with Crippen molar-refractivity contribution in [2.75, 3.05) is 27.2 Å². The predicted octanol–water partition coefficient (Wildman–Crippen LogP) is 2.72. The number of methoxy groups -OCH3 is 1. The van der Waals surface area contributed by atoms with Gasteiger partial charge in [0.2, 0.25) is 0 Å². The van der Waals surface area contributed by atoms with Gasteiger partial charge in [0, 0.05) is 31.9 Å². The van der Waals surface area contributed by atoms with Crippen LogP contribution in [0, 0.1) is 13.8 Å². The van der Waals surface area contributed by atoms with E-state index in [0.717, 1.165) is 53.9 Å². The molecule has 0 atom stereocenters. The predicted molar refractivity (Wildman–Crippen MR) is 101 cm³/mol. The second-order valence-corrected chi connectivity index (χ2v) is 6.65. The molecule has 0 saturated heterocycles. The largest absolute Gasteiger partial charge is 0.496 e. The number of aryl methyl sites for hydroxylation is 2. The average molecular weight is 347 g/mol. The van der Waals surface area contributed by atoms with Crippen LogP contribution in [0.15, 0.2) is 28.6 Å². The zero-order valence-electron chi connectivity index (χ0n) is 14.8. The van der Waals surface area contributed by atoms with Crippen LogP contribution in [0.2, 0.25) is 0 Å². The van der Waals surface area contributed by atoms with Crippen molar-refractivity contribution in [3.8, 4) is 5.75 Å². The summed E-state index contributed by atoms with van der Waals surface area (Å²) in [6.07, 6.45) is 1.82. The number of hydrogen-bond acceptors (Lipinski definition) is 4. The first-order valence-corrected chi connectivity index (χ1v) is 8.99. The molecule has 0 unspecified atom stereocenters. The lowest BCUT2D eigenvalue weighted by molar-refractivity contribution is 0.411. The van der Waals surface area contributed by atoms with Gasteiger partial charge in [-0.15, -0.1) is 11.3 Å². The first-order valence-electron chi connectivity index (χ1n) is 8.11. The zero-order chi connectivity index (χ0) is 17.4. The summed E-state index contributed by atoms with van der Waals surface area (Å²) < 4.78 is 5.37. The molecule has 130 valence electrons. The molecule has 2 rings (SSSR count). The van der Waals surface area contributed by atoms with E-state index in [2.05, 4.69) is 51.1 Å². The van der Waals surface area contributed by atoms with Crippen LogP contribution in [0.5, 0.6) is 5.75 Å². The molecule has 2 N–H and O–H groups in total. The molecule has 0 fully saturated rings. The van der Waals surface area contributed by atoms with E-state index in [-0.39, 0.29) is 0 Å². The van der Waals surface area contributed by atoms with Gasteiger partial charge in [-0.3, -0.25) is 4.99 Å². The fourth-order valence-electron chi connectivity index (χ4n) is 2.40. The second kappa shape index (κ2) is 9.27. The molecule has 1 heterocycles. The Labute approximate surface area is 148 Å². The Kier molecular flexibility index (Phi) is 7.06. The molecule has 5 nitrogen and oxygen atoms in total. The van der Waals surface area contributed by atoms with Crippen molar-refractivity contribution >= 4 is 17.3 Å². The lowest BCUT2D eigenvalue weighted by atomic mass is 10.1. The Bertz CT molecular complexity index is 681. The van der Waals surface area contributed by atoms with Gasteiger partial charge in [0.05, 0.1) is 17.8 Å². The molecular formula is C18H26N4OS. The topological polar surface area (TPSA) is 58.5 Å². The highest BCUT2D eigenvalue weighted by atomic mass is 32.1. The maximum absolute atomic E-state index is 5.37. The Hall–Kier alpha value is -2.08. The smallest absolute Gasteiger partial charge is 0.190 e. The second-order valence-electron chi connectivity index (χ2n) is 5.59. The minimum atomic E-state index is 0.820. The van der Waals surface area contributed by atoms with Crippen molar-refractivity contribution < 1.29 is 4.74 Å². The van der Waals surface area contributed by atoms with Crippen molar-refractivity contribution in [3.05, 3.63) is 45.4 Å². The van der Waals surface area contributed by atoms with Gasteiger partial charge in [-0.1, -0.05) is 12.1 Å². The summed E-state index contributed by atoms with van der Waals surface area (Å²) >= 11 is 1.69. The van der Waals surface area contributed by atoms with Gasteiger partial charge in [0.25, 0.3) is 0 Å². The first kappa shape index (κ1) is 18.3. The summed E-state index contributed by atoms with van der Waals surface area (Å²) in [6, 6.07) is 6.33. The average Bonchev–Trinajstić information content (AvgIpc) is 3.00. The number of aromatic nitrogens is 1. The summed E-state index contributed by atoms with van der Waals surface area (Å²) in [4.78, 5) is 8.72. The van der Waals surface area contributed by atoms with Gasteiger partial charge >= 0.3 is 0 Å². The standard InChI is InChI=1S/C18H26N4OS/c1-13-5-6-15(11-17(13)23-4)7-9-20-18(19-3)21-10-8-16-12-24-14(2)22-16/h5-6,11-12H,7-10H2,1-4H3,(H2,19,20,21). The molecule has 1 aromatic carbocycles. The van der Waals surface area contributed by atoms with E-state index in [4.69, 9.17) is 4.74 Å². The van der Waals surface area contributed by atoms with Crippen molar-refractivity contribution in [2.24, 2.45) is 4.99 Å². The van der Waals surface area contributed by atoms with Gasteiger partial charge in [0.15, 0.2) is 5.96 Å². The number of rotatable bonds is 7. The summed E-state index contributed by atoms with van der Waals surface area (Å²) in [5, 5.41) is 9.89. The highest BCUT2D eigenvalue weighted by Crippen LogP contribution is 2.18. The number of guanidine groups is 1.